The molecule has 1 saturated carbocycles. The van der Waals surface area contributed by atoms with Crippen molar-refractivity contribution in [2.45, 2.75) is 49.6 Å². The highest BCUT2D eigenvalue weighted by atomic mass is 32.2. The molecule has 0 unspecified atom stereocenters. The van der Waals surface area contributed by atoms with Gasteiger partial charge in [-0.2, -0.15) is 4.31 Å². The van der Waals surface area contributed by atoms with Crippen LogP contribution >= 0.6 is 0 Å². The van der Waals surface area contributed by atoms with Gasteiger partial charge in [0.1, 0.15) is 5.69 Å². The molecule has 1 aliphatic carbocycles. The Morgan fingerprint density at radius 1 is 1.06 bits per heavy atom. The molecule has 0 aromatic heterocycles. The second-order valence-corrected chi connectivity index (χ2v) is 10.1. The number of hydrogen-bond donors (Lipinski definition) is 2. The molecule has 0 bridgehead atoms. The Hall–Kier alpha value is -2.98. The first-order valence-corrected chi connectivity index (χ1v) is 12.2. The van der Waals surface area contributed by atoms with Gasteiger partial charge in [-0.25, -0.2) is 8.42 Å². The van der Waals surface area contributed by atoms with Gasteiger partial charge in [0.15, 0.2) is 0 Å². The molecule has 0 spiro atoms. The SMILES string of the molecule is O=C(NCc1ccc(S(=O)(=O)N2CCCCC2)cc1)c1ccc(NC2CC2)c([N+](=O)[O-])c1. The van der Waals surface area contributed by atoms with Crippen molar-refractivity contribution in [1.29, 1.82) is 0 Å². The van der Waals surface area contributed by atoms with Crippen LogP contribution in [-0.2, 0) is 16.6 Å². The van der Waals surface area contributed by atoms with Crippen molar-refractivity contribution in [2.24, 2.45) is 0 Å². The lowest BCUT2D eigenvalue weighted by atomic mass is 10.1. The summed E-state index contributed by atoms with van der Waals surface area (Å²) in [5, 5.41) is 17.2. The molecule has 4 rings (SSSR count). The summed E-state index contributed by atoms with van der Waals surface area (Å²) in [6.07, 6.45) is 4.76. The van der Waals surface area contributed by atoms with E-state index in [1.165, 1.54) is 10.4 Å². The zero-order valence-corrected chi connectivity index (χ0v) is 18.4. The lowest BCUT2D eigenvalue weighted by Gasteiger charge is -2.25. The van der Waals surface area contributed by atoms with Crippen LogP contribution in [0.4, 0.5) is 11.4 Å². The number of hydrogen-bond acceptors (Lipinski definition) is 6. The van der Waals surface area contributed by atoms with Crippen LogP contribution in [0.15, 0.2) is 47.4 Å². The third kappa shape index (κ3) is 5.08. The van der Waals surface area contributed by atoms with Crippen molar-refractivity contribution in [3.05, 3.63) is 63.7 Å². The molecule has 32 heavy (non-hydrogen) atoms. The third-order valence-electron chi connectivity index (χ3n) is 5.72. The molecule has 2 fully saturated rings. The molecular weight excluding hydrogens is 432 g/mol. The van der Waals surface area contributed by atoms with Gasteiger partial charge in [0.2, 0.25) is 10.0 Å². The van der Waals surface area contributed by atoms with Crippen LogP contribution in [0.5, 0.6) is 0 Å². The van der Waals surface area contributed by atoms with Crippen molar-refractivity contribution in [1.82, 2.24) is 9.62 Å². The predicted octanol–water partition coefficient (Wildman–Crippen LogP) is 3.27. The molecule has 2 N–H and O–H groups in total. The summed E-state index contributed by atoms with van der Waals surface area (Å²) in [6.45, 7) is 1.27. The first-order valence-electron chi connectivity index (χ1n) is 10.8. The van der Waals surface area contributed by atoms with Gasteiger partial charge in [0.05, 0.1) is 9.82 Å². The molecular formula is C22H26N4O5S. The molecule has 10 heteroatoms. The minimum absolute atomic E-state index is 0.128. The molecule has 1 amide bonds. The number of nitro groups is 1. The number of nitro benzene ring substituents is 1. The van der Waals surface area contributed by atoms with Crippen molar-refractivity contribution < 1.29 is 18.1 Å². The Bertz CT molecular complexity index is 1110. The van der Waals surface area contributed by atoms with Crippen LogP contribution in [-0.4, -0.2) is 42.7 Å². The summed E-state index contributed by atoms with van der Waals surface area (Å²) in [7, 11) is -3.50. The summed E-state index contributed by atoms with van der Waals surface area (Å²) in [6, 6.07) is 11.1. The van der Waals surface area contributed by atoms with E-state index in [0.717, 1.165) is 37.7 Å². The van der Waals surface area contributed by atoms with E-state index in [2.05, 4.69) is 10.6 Å². The van der Waals surface area contributed by atoms with Crippen LogP contribution in [0.1, 0.15) is 48.0 Å². The average Bonchev–Trinajstić information content (AvgIpc) is 3.62. The second-order valence-electron chi connectivity index (χ2n) is 8.20. The van der Waals surface area contributed by atoms with Crippen LogP contribution in [0, 0.1) is 10.1 Å². The normalized spacial score (nSPS) is 17.0. The van der Waals surface area contributed by atoms with E-state index in [-0.39, 0.29) is 28.7 Å². The van der Waals surface area contributed by atoms with Gasteiger partial charge >= 0.3 is 0 Å². The fraction of sp³-hybridized carbons (Fsp3) is 0.409. The fourth-order valence-electron chi connectivity index (χ4n) is 3.71. The largest absolute Gasteiger partial charge is 0.377 e. The highest BCUT2D eigenvalue weighted by Gasteiger charge is 2.26. The maximum absolute atomic E-state index is 12.7. The highest BCUT2D eigenvalue weighted by Crippen LogP contribution is 2.31. The van der Waals surface area contributed by atoms with Crippen molar-refractivity contribution in [2.75, 3.05) is 18.4 Å². The van der Waals surface area contributed by atoms with Crippen molar-refractivity contribution in [3.8, 4) is 0 Å². The molecule has 0 radical (unpaired) electrons. The molecule has 2 aromatic rings. The molecule has 1 aliphatic heterocycles. The Balaban J connectivity index is 1.39. The number of carbonyl (C=O) groups is 1. The Morgan fingerprint density at radius 3 is 2.38 bits per heavy atom. The number of rotatable bonds is 8. The first kappa shape index (κ1) is 22.2. The second kappa shape index (κ2) is 9.25. The fourth-order valence-corrected chi connectivity index (χ4v) is 5.23. The van der Waals surface area contributed by atoms with Crippen LogP contribution in [0.25, 0.3) is 0 Å². The predicted molar refractivity (Wildman–Crippen MR) is 120 cm³/mol. The van der Waals surface area contributed by atoms with Gasteiger partial charge in [-0.15, -0.1) is 0 Å². The average molecular weight is 459 g/mol. The summed E-state index contributed by atoms with van der Waals surface area (Å²) >= 11 is 0. The Morgan fingerprint density at radius 2 is 1.75 bits per heavy atom. The smallest absolute Gasteiger partial charge is 0.293 e. The molecule has 170 valence electrons. The van der Waals surface area contributed by atoms with Gasteiger partial charge in [-0.05, 0) is 55.5 Å². The lowest BCUT2D eigenvalue weighted by molar-refractivity contribution is -0.384. The monoisotopic (exact) mass is 458 g/mol. The molecule has 1 saturated heterocycles. The van der Waals surface area contributed by atoms with E-state index < -0.39 is 20.9 Å². The van der Waals surface area contributed by atoms with Gasteiger partial charge in [-0.3, -0.25) is 14.9 Å². The first-order chi connectivity index (χ1) is 15.3. The Kier molecular flexibility index (Phi) is 6.43. The zero-order chi connectivity index (χ0) is 22.7. The number of benzene rings is 2. The third-order valence-corrected chi connectivity index (χ3v) is 7.64. The summed E-state index contributed by atoms with van der Waals surface area (Å²) in [5.74, 6) is -0.434. The number of amides is 1. The van der Waals surface area contributed by atoms with E-state index in [4.69, 9.17) is 0 Å². The molecule has 1 heterocycles. The maximum Gasteiger partial charge on any atom is 0.293 e. The topological polar surface area (TPSA) is 122 Å². The molecule has 2 aromatic carbocycles. The summed E-state index contributed by atoms with van der Waals surface area (Å²) in [4.78, 5) is 23.6. The standard InChI is InChI=1S/C22H26N4O5S/c27-22(17-6-11-20(24-18-7-8-18)21(14-17)26(28)29)23-15-16-4-9-19(10-5-16)32(30,31)25-12-2-1-3-13-25/h4-6,9-11,14,18,24H,1-3,7-8,12-13,15H2,(H,23,27). The quantitative estimate of drug-likeness (QED) is 0.462. The van der Waals surface area contributed by atoms with Gasteiger partial charge in [-0.1, -0.05) is 18.6 Å². The highest BCUT2D eigenvalue weighted by molar-refractivity contribution is 7.89. The lowest BCUT2D eigenvalue weighted by Crippen LogP contribution is -2.35. The van der Waals surface area contributed by atoms with Crippen LogP contribution in [0.2, 0.25) is 0 Å². The maximum atomic E-state index is 12.7. The number of anilines is 1. The van der Waals surface area contributed by atoms with E-state index in [1.54, 1.807) is 36.4 Å². The number of carbonyl (C=O) groups excluding carboxylic acids is 1. The Labute approximate surface area is 187 Å². The summed E-state index contributed by atoms with van der Waals surface area (Å²) < 4.78 is 27.0. The number of piperidine rings is 1. The van der Waals surface area contributed by atoms with E-state index in [1.807, 2.05) is 0 Å². The van der Waals surface area contributed by atoms with Gasteiger partial charge in [0.25, 0.3) is 11.6 Å². The van der Waals surface area contributed by atoms with Gasteiger partial charge in [0, 0.05) is 37.3 Å². The van der Waals surface area contributed by atoms with E-state index in [9.17, 15) is 23.3 Å². The van der Waals surface area contributed by atoms with Crippen LogP contribution in [0.3, 0.4) is 0 Å². The van der Waals surface area contributed by atoms with Crippen molar-refractivity contribution in [3.63, 3.8) is 0 Å². The van der Waals surface area contributed by atoms with Crippen LogP contribution < -0.4 is 10.6 Å². The minimum Gasteiger partial charge on any atom is -0.377 e. The zero-order valence-electron chi connectivity index (χ0n) is 17.6. The molecule has 9 nitrogen and oxygen atoms in total. The summed E-state index contributed by atoms with van der Waals surface area (Å²) in [5.41, 5.74) is 1.22. The van der Waals surface area contributed by atoms with Crippen molar-refractivity contribution >= 4 is 27.3 Å². The molecule has 0 atom stereocenters. The number of nitrogens with zero attached hydrogens (tertiary/aromatic N) is 2. The molecule has 2 aliphatic rings. The minimum atomic E-state index is -3.50. The van der Waals surface area contributed by atoms with E-state index in [0.29, 0.717) is 18.8 Å². The van der Waals surface area contributed by atoms with Gasteiger partial charge < -0.3 is 10.6 Å². The number of sulfonamides is 1. The van der Waals surface area contributed by atoms with E-state index >= 15 is 0 Å². The number of nitrogens with one attached hydrogen (secondary N) is 2.